The summed E-state index contributed by atoms with van der Waals surface area (Å²) >= 11 is 0. The van der Waals surface area contributed by atoms with E-state index in [1.54, 1.807) is 13.8 Å². The van der Waals surface area contributed by atoms with Gasteiger partial charge < -0.3 is 4.74 Å². The number of anilines is 1. The van der Waals surface area contributed by atoms with Gasteiger partial charge in [-0.3, -0.25) is 10.2 Å². The van der Waals surface area contributed by atoms with Gasteiger partial charge >= 0.3 is 5.97 Å². The van der Waals surface area contributed by atoms with Crippen LogP contribution in [0, 0.1) is 0 Å². The highest BCUT2D eigenvalue weighted by atomic mass is 16.5. The second-order valence-corrected chi connectivity index (χ2v) is 3.31. The Labute approximate surface area is 95.3 Å². The van der Waals surface area contributed by atoms with Crippen LogP contribution in [0.15, 0.2) is 35.4 Å². The predicted octanol–water partition coefficient (Wildman–Crippen LogP) is 2.43. The maximum Gasteiger partial charge on any atom is 0.311 e. The number of nitrogens with one attached hydrogen (secondary N) is 1. The molecule has 86 valence electrons. The van der Waals surface area contributed by atoms with Crippen LogP contribution in [-0.4, -0.2) is 18.3 Å². The topological polar surface area (TPSA) is 50.7 Å². The van der Waals surface area contributed by atoms with Crippen molar-refractivity contribution >= 4 is 17.4 Å². The van der Waals surface area contributed by atoms with Gasteiger partial charge in [0.15, 0.2) is 0 Å². The van der Waals surface area contributed by atoms with Gasteiger partial charge in [0.2, 0.25) is 0 Å². The molecule has 0 saturated carbocycles. The van der Waals surface area contributed by atoms with E-state index in [1.165, 1.54) is 0 Å². The quantitative estimate of drug-likeness (QED) is 0.471. The fourth-order valence-electron chi connectivity index (χ4n) is 1.13. The molecule has 1 aromatic carbocycles. The van der Waals surface area contributed by atoms with Crippen LogP contribution in [0.4, 0.5) is 5.69 Å². The molecule has 0 aliphatic rings. The van der Waals surface area contributed by atoms with Crippen molar-refractivity contribution in [2.75, 3.05) is 12.0 Å². The number of para-hydroxylation sites is 1. The normalized spacial score (nSPS) is 11.0. The van der Waals surface area contributed by atoms with Gasteiger partial charge in [-0.25, -0.2) is 0 Å². The van der Waals surface area contributed by atoms with Crippen molar-refractivity contribution in [3.63, 3.8) is 0 Å². The standard InChI is InChI=1S/C12H16N2O2/c1-3-16-12(15)9-10(2)13-14-11-7-5-4-6-8-11/h4-8,14H,3,9H2,1-2H3/b13-10-. The zero-order chi connectivity index (χ0) is 11.8. The van der Waals surface area contributed by atoms with Crippen molar-refractivity contribution < 1.29 is 9.53 Å². The summed E-state index contributed by atoms with van der Waals surface area (Å²) in [7, 11) is 0. The molecule has 0 unspecified atom stereocenters. The van der Waals surface area contributed by atoms with Gasteiger partial charge in [0, 0.05) is 5.71 Å². The van der Waals surface area contributed by atoms with Crippen molar-refractivity contribution in [3.05, 3.63) is 30.3 Å². The van der Waals surface area contributed by atoms with Crippen LogP contribution in [0.1, 0.15) is 20.3 Å². The average molecular weight is 220 g/mol. The summed E-state index contributed by atoms with van der Waals surface area (Å²) in [5, 5.41) is 4.08. The highest BCUT2D eigenvalue weighted by molar-refractivity contribution is 5.97. The molecule has 4 heteroatoms. The minimum absolute atomic E-state index is 0.216. The van der Waals surface area contributed by atoms with E-state index < -0.39 is 0 Å². The molecule has 0 bridgehead atoms. The van der Waals surface area contributed by atoms with Gasteiger partial charge in [-0.05, 0) is 26.0 Å². The van der Waals surface area contributed by atoms with Crippen LogP contribution in [-0.2, 0) is 9.53 Å². The van der Waals surface area contributed by atoms with Gasteiger partial charge in [-0.1, -0.05) is 18.2 Å². The van der Waals surface area contributed by atoms with Crippen molar-refractivity contribution in [3.8, 4) is 0 Å². The number of hydrogen-bond acceptors (Lipinski definition) is 4. The first-order valence-corrected chi connectivity index (χ1v) is 5.22. The van der Waals surface area contributed by atoms with Crippen molar-refractivity contribution in [2.45, 2.75) is 20.3 Å². The van der Waals surface area contributed by atoms with E-state index >= 15 is 0 Å². The monoisotopic (exact) mass is 220 g/mol. The maximum atomic E-state index is 11.1. The number of benzene rings is 1. The third-order valence-electron chi connectivity index (χ3n) is 1.86. The van der Waals surface area contributed by atoms with Crippen molar-refractivity contribution in [1.29, 1.82) is 0 Å². The molecule has 0 heterocycles. The summed E-state index contributed by atoms with van der Waals surface area (Å²) in [5.41, 5.74) is 4.46. The molecule has 0 radical (unpaired) electrons. The number of carbonyl (C=O) groups excluding carboxylic acids is 1. The highest BCUT2D eigenvalue weighted by Gasteiger charge is 2.03. The molecule has 1 aromatic rings. The fourth-order valence-corrected chi connectivity index (χ4v) is 1.13. The Hall–Kier alpha value is -1.84. The number of carbonyl (C=O) groups is 1. The summed E-state index contributed by atoms with van der Waals surface area (Å²) in [6.45, 7) is 3.97. The molecule has 4 nitrogen and oxygen atoms in total. The van der Waals surface area contributed by atoms with Crippen LogP contribution in [0.3, 0.4) is 0 Å². The number of rotatable bonds is 5. The van der Waals surface area contributed by atoms with Crippen molar-refractivity contribution in [1.82, 2.24) is 0 Å². The Morgan fingerprint density at radius 1 is 1.38 bits per heavy atom. The largest absolute Gasteiger partial charge is 0.466 e. The van der Waals surface area contributed by atoms with Crippen LogP contribution in [0.2, 0.25) is 0 Å². The minimum atomic E-state index is -0.251. The van der Waals surface area contributed by atoms with E-state index in [0.717, 1.165) is 5.69 Å². The molecule has 0 aliphatic heterocycles. The second kappa shape index (κ2) is 6.61. The average Bonchev–Trinajstić information content (AvgIpc) is 2.28. The Bertz CT molecular complexity index is 361. The van der Waals surface area contributed by atoms with E-state index in [-0.39, 0.29) is 12.4 Å². The van der Waals surface area contributed by atoms with E-state index in [9.17, 15) is 4.79 Å². The number of nitrogens with zero attached hydrogens (tertiary/aromatic N) is 1. The molecule has 0 saturated heterocycles. The summed E-state index contributed by atoms with van der Waals surface area (Å²) in [6.07, 6.45) is 0.216. The Kier molecular flexibility index (Phi) is 5.05. The highest BCUT2D eigenvalue weighted by Crippen LogP contribution is 2.04. The fraction of sp³-hybridized carbons (Fsp3) is 0.333. The summed E-state index contributed by atoms with van der Waals surface area (Å²) in [4.78, 5) is 11.1. The molecule has 0 aromatic heterocycles. The van der Waals surface area contributed by atoms with Crippen LogP contribution >= 0.6 is 0 Å². The van der Waals surface area contributed by atoms with E-state index in [2.05, 4.69) is 10.5 Å². The van der Waals surface area contributed by atoms with Crippen molar-refractivity contribution in [2.24, 2.45) is 5.10 Å². The number of hydrogen-bond donors (Lipinski definition) is 1. The van der Waals surface area contributed by atoms with E-state index in [1.807, 2.05) is 30.3 Å². The molecule has 0 atom stereocenters. The van der Waals surface area contributed by atoms with E-state index in [4.69, 9.17) is 4.74 Å². The summed E-state index contributed by atoms with van der Waals surface area (Å²) < 4.78 is 4.82. The zero-order valence-electron chi connectivity index (χ0n) is 9.56. The molecule has 0 fully saturated rings. The van der Waals surface area contributed by atoms with Crippen LogP contribution in [0.25, 0.3) is 0 Å². The lowest BCUT2D eigenvalue weighted by atomic mass is 10.3. The van der Waals surface area contributed by atoms with Gasteiger partial charge in [-0.15, -0.1) is 0 Å². The SMILES string of the molecule is CCOC(=O)C/C(C)=N\Nc1ccccc1. The van der Waals surface area contributed by atoms with Gasteiger partial charge in [0.1, 0.15) is 0 Å². The summed E-state index contributed by atoms with van der Waals surface area (Å²) in [6, 6.07) is 9.57. The molecule has 0 aliphatic carbocycles. The Morgan fingerprint density at radius 2 is 2.06 bits per heavy atom. The summed E-state index contributed by atoms with van der Waals surface area (Å²) in [5.74, 6) is -0.251. The first-order valence-electron chi connectivity index (χ1n) is 5.22. The number of hydrazone groups is 1. The van der Waals surface area contributed by atoms with Gasteiger partial charge in [-0.2, -0.15) is 5.10 Å². The number of esters is 1. The van der Waals surface area contributed by atoms with Gasteiger partial charge in [0.05, 0.1) is 18.7 Å². The third-order valence-corrected chi connectivity index (χ3v) is 1.86. The van der Waals surface area contributed by atoms with Gasteiger partial charge in [0.25, 0.3) is 0 Å². The lowest BCUT2D eigenvalue weighted by Gasteiger charge is -2.03. The molecule has 1 rings (SSSR count). The lowest BCUT2D eigenvalue weighted by molar-refractivity contribution is -0.141. The lowest BCUT2D eigenvalue weighted by Crippen LogP contribution is -2.10. The first kappa shape index (κ1) is 12.2. The zero-order valence-corrected chi connectivity index (χ0v) is 9.56. The second-order valence-electron chi connectivity index (χ2n) is 3.31. The molecule has 16 heavy (non-hydrogen) atoms. The third kappa shape index (κ3) is 4.59. The molecule has 0 spiro atoms. The predicted molar refractivity (Wildman–Crippen MR) is 64.4 cm³/mol. The van der Waals surface area contributed by atoms with Crippen LogP contribution in [0.5, 0.6) is 0 Å². The van der Waals surface area contributed by atoms with Crippen LogP contribution < -0.4 is 5.43 Å². The first-order chi connectivity index (χ1) is 7.72. The number of ether oxygens (including phenoxy) is 1. The Balaban J connectivity index is 2.42. The smallest absolute Gasteiger partial charge is 0.311 e. The molecular weight excluding hydrogens is 204 g/mol. The molecular formula is C12H16N2O2. The molecule has 0 amide bonds. The minimum Gasteiger partial charge on any atom is -0.466 e. The molecule has 1 N–H and O–H groups in total. The van der Waals surface area contributed by atoms with E-state index in [0.29, 0.717) is 12.3 Å². The maximum absolute atomic E-state index is 11.1. The Morgan fingerprint density at radius 3 is 2.69 bits per heavy atom.